The second kappa shape index (κ2) is 10.2. The number of carbonyl (C=O) groups excluding carboxylic acids is 1. The number of pyridine rings is 1. The number of hydrogen-bond donors (Lipinski definition) is 1. The third-order valence-electron chi connectivity index (χ3n) is 4.58. The van der Waals surface area contributed by atoms with E-state index in [-0.39, 0.29) is 5.69 Å². The number of nitrogens with zero attached hydrogens (tertiary/aromatic N) is 3. The van der Waals surface area contributed by atoms with Gasteiger partial charge in [0.15, 0.2) is 0 Å². The first kappa shape index (κ1) is 24.5. The van der Waals surface area contributed by atoms with Crippen molar-refractivity contribution >= 4 is 40.7 Å². The van der Waals surface area contributed by atoms with Crippen molar-refractivity contribution in [2.45, 2.75) is 39.3 Å². The van der Waals surface area contributed by atoms with Gasteiger partial charge in [0.1, 0.15) is 17.6 Å². The van der Waals surface area contributed by atoms with E-state index in [1.807, 2.05) is 31.5 Å². The summed E-state index contributed by atoms with van der Waals surface area (Å²) in [5, 5.41) is 14.8. The maximum Gasteiger partial charge on any atom is 0.340 e. The highest BCUT2D eigenvalue weighted by Crippen LogP contribution is 2.34. The number of aryl methyl sites for hydroxylation is 1. The average Bonchev–Trinajstić information content (AvgIpc) is 3.14. The lowest BCUT2D eigenvalue weighted by atomic mass is 10.0. The molecule has 0 amide bonds. The third kappa shape index (κ3) is 6.69. The van der Waals surface area contributed by atoms with Gasteiger partial charge in [-0.2, -0.15) is 0 Å². The summed E-state index contributed by atoms with van der Waals surface area (Å²) in [6.45, 7) is 6.64. The number of benzene rings is 1. The van der Waals surface area contributed by atoms with Crippen LogP contribution in [0.3, 0.4) is 0 Å². The van der Waals surface area contributed by atoms with Gasteiger partial charge in [0.25, 0.3) is 5.69 Å². The molecule has 3 rings (SSSR count). The predicted molar refractivity (Wildman–Crippen MR) is 129 cm³/mol. The molecular formula is C23H24Cl2N4O4. The summed E-state index contributed by atoms with van der Waals surface area (Å²) >= 11 is 12.4. The van der Waals surface area contributed by atoms with Crippen molar-refractivity contribution in [3.05, 3.63) is 74.6 Å². The zero-order valence-corrected chi connectivity index (χ0v) is 20.0. The largest absolute Gasteiger partial charge is 0.456 e. The van der Waals surface area contributed by atoms with Gasteiger partial charge in [-0.1, -0.05) is 29.3 Å². The number of ether oxygens (including phenoxy) is 1. The first-order valence-electron chi connectivity index (χ1n) is 10.3. The number of rotatable bonds is 8. The normalized spacial score (nSPS) is 11.3. The number of halogens is 2. The van der Waals surface area contributed by atoms with Crippen LogP contribution in [0.4, 0.5) is 11.5 Å². The van der Waals surface area contributed by atoms with Crippen molar-refractivity contribution in [2.75, 3.05) is 11.9 Å². The van der Waals surface area contributed by atoms with E-state index in [2.05, 4.69) is 10.3 Å². The highest BCUT2D eigenvalue weighted by atomic mass is 35.5. The first-order chi connectivity index (χ1) is 15.5. The van der Waals surface area contributed by atoms with Crippen molar-refractivity contribution in [3.8, 4) is 11.1 Å². The molecule has 174 valence electrons. The summed E-state index contributed by atoms with van der Waals surface area (Å²) in [7, 11) is 0. The fraction of sp³-hybridized carbons (Fsp3) is 0.304. The average molecular weight is 491 g/mol. The quantitative estimate of drug-likeness (QED) is 0.174. The maximum atomic E-state index is 12.9. The third-order valence-corrected chi connectivity index (χ3v) is 5.13. The van der Waals surface area contributed by atoms with Gasteiger partial charge in [-0.15, -0.1) is 0 Å². The highest BCUT2D eigenvalue weighted by molar-refractivity contribution is 6.36. The molecule has 0 atom stereocenters. The molecule has 0 spiro atoms. The van der Waals surface area contributed by atoms with E-state index in [0.29, 0.717) is 45.6 Å². The lowest BCUT2D eigenvalue weighted by molar-refractivity contribution is -0.385. The Kier molecular flexibility index (Phi) is 7.61. The van der Waals surface area contributed by atoms with Gasteiger partial charge in [-0.3, -0.25) is 10.1 Å². The molecule has 0 aliphatic heterocycles. The van der Waals surface area contributed by atoms with E-state index in [4.69, 9.17) is 27.9 Å². The molecule has 0 saturated carbocycles. The number of esters is 1. The van der Waals surface area contributed by atoms with Gasteiger partial charge >= 0.3 is 5.97 Å². The molecule has 0 unspecified atom stereocenters. The van der Waals surface area contributed by atoms with Crippen LogP contribution in [0.1, 0.15) is 37.6 Å². The molecule has 2 aromatic heterocycles. The molecule has 2 heterocycles. The van der Waals surface area contributed by atoms with Crippen LogP contribution in [-0.2, 0) is 11.3 Å². The lowest BCUT2D eigenvalue weighted by Crippen LogP contribution is -2.24. The van der Waals surface area contributed by atoms with Crippen LogP contribution >= 0.6 is 23.2 Å². The van der Waals surface area contributed by atoms with Crippen LogP contribution < -0.4 is 5.32 Å². The Morgan fingerprint density at radius 2 is 1.94 bits per heavy atom. The van der Waals surface area contributed by atoms with Crippen LogP contribution in [0.25, 0.3) is 11.1 Å². The number of carbonyl (C=O) groups is 1. The predicted octanol–water partition coefficient (Wildman–Crippen LogP) is 6.22. The van der Waals surface area contributed by atoms with Crippen LogP contribution in [0.2, 0.25) is 10.0 Å². The van der Waals surface area contributed by atoms with E-state index < -0.39 is 16.5 Å². The molecule has 1 N–H and O–H groups in total. The molecular weight excluding hydrogens is 467 g/mol. The Morgan fingerprint density at radius 3 is 2.55 bits per heavy atom. The zero-order chi connectivity index (χ0) is 24.2. The molecule has 0 radical (unpaired) electrons. The first-order valence-corrected chi connectivity index (χ1v) is 11.0. The topological polar surface area (TPSA) is 99.3 Å². The van der Waals surface area contributed by atoms with Gasteiger partial charge in [0.05, 0.1) is 10.5 Å². The van der Waals surface area contributed by atoms with Gasteiger partial charge in [0, 0.05) is 52.7 Å². The Bertz CT molecular complexity index is 1150. The number of hydrogen-bond acceptors (Lipinski definition) is 6. The second-order valence-electron chi connectivity index (χ2n) is 8.39. The van der Waals surface area contributed by atoms with Crippen LogP contribution in [0.5, 0.6) is 0 Å². The Morgan fingerprint density at radius 1 is 1.18 bits per heavy atom. The molecule has 33 heavy (non-hydrogen) atoms. The van der Waals surface area contributed by atoms with E-state index in [1.165, 1.54) is 12.3 Å². The molecule has 1 aromatic carbocycles. The highest BCUT2D eigenvalue weighted by Gasteiger charge is 2.23. The molecule has 0 aliphatic rings. The Balaban J connectivity index is 1.74. The SMILES string of the molecule is CC(C)(C)OC(=O)c1cn(CCCNc2ccc([N+](=O)[O-])cn2)cc1-c1ccc(Cl)cc1Cl. The molecule has 0 fully saturated rings. The summed E-state index contributed by atoms with van der Waals surface area (Å²) in [6, 6.07) is 8.10. The fourth-order valence-corrected chi connectivity index (χ4v) is 3.64. The van der Waals surface area contributed by atoms with Crippen LogP contribution in [0.15, 0.2) is 48.9 Å². The summed E-state index contributed by atoms with van der Waals surface area (Å²) in [6.07, 6.45) is 5.54. The minimum atomic E-state index is -0.637. The Labute approximate surface area is 201 Å². The van der Waals surface area contributed by atoms with Crippen molar-refractivity contribution in [1.29, 1.82) is 0 Å². The van der Waals surface area contributed by atoms with E-state index >= 15 is 0 Å². The van der Waals surface area contributed by atoms with E-state index in [9.17, 15) is 14.9 Å². The van der Waals surface area contributed by atoms with Crippen molar-refractivity contribution in [2.24, 2.45) is 0 Å². The van der Waals surface area contributed by atoms with Gasteiger partial charge in [-0.05, 0) is 45.4 Å². The zero-order valence-electron chi connectivity index (χ0n) is 18.5. The summed E-state index contributed by atoms with van der Waals surface area (Å²) in [5.41, 5.74) is 1.07. The lowest BCUT2D eigenvalue weighted by Gasteiger charge is -2.19. The molecule has 10 heteroatoms. The molecule has 0 aliphatic carbocycles. The summed E-state index contributed by atoms with van der Waals surface area (Å²) < 4.78 is 7.49. The van der Waals surface area contributed by atoms with Crippen molar-refractivity contribution in [3.63, 3.8) is 0 Å². The minimum absolute atomic E-state index is 0.0593. The van der Waals surface area contributed by atoms with Gasteiger partial charge in [0.2, 0.25) is 0 Å². The Hall–Kier alpha value is -3.10. The van der Waals surface area contributed by atoms with E-state index in [1.54, 1.807) is 30.5 Å². The standard InChI is InChI=1S/C23H24Cl2N4O4/c1-23(2,3)33-22(30)19-14-28(13-18(19)17-7-5-15(24)11-20(17)25)10-4-9-26-21-8-6-16(12-27-21)29(31)32/h5-8,11-14H,4,9-10H2,1-3H3,(H,26,27). The van der Waals surface area contributed by atoms with Crippen LogP contribution in [0, 0.1) is 10.1 Å². The smallest absolute Gasteiger partial charge is 0.340 e. The molecule has 0 bridgehead atoms. The molecule has 0 saturated heterocycles. The number of anilines is 1. The fourth-order valence-electron chi connectivity index (χ4n) is 3.13. The monoisotopic (exact) mass is 490 g/mol. The maximum absolute atomic E-state index is 12.9. The minimum Gasteiger partial charge on any atom is -0.456 e. The summed E-state index contributed by atoms with van der Waals surface area (Å²) in [4.78, 5) is 27.1. The van der Waals surface area contributed by atoms with E-state index in [0.717, 1.165) is 6.42 Å². The van der Waals surface area contributed by atoms with Gasteiger partial charge in [-0.25, -0.2) is 9.78 Å². The molecule has 3 aromatic rings. The van der Waals surface area contributed by atoms with Crippen LogP contribution in [-0.4, -0.2) is 32.6 Å². The number of aromatic nitrogens is 2. The summed E-state index contributed by atoms with van der Waals surface area (Å²) in [5.74, 6) is 0.117. The number of nitrogens with one attached hydrogen (secondary N) is 1. The number of nitro groups is 1. The van der Waals surface area contributed by atoms with Crippen molar-refractivity contribution < 1.29 is 14.5 Å². The van der Waals surface area contributed by atoms with Gasteiger partial charge < -0.3 is 14.6 Å². The second-order valence-corrected chi connectivity index (χ2v) is 9.23. The van der Waals surface area contributed by atoms with Crippen molar-refractivity contribution in [1.82, 2.24) is 9.55 Å². The molecule has 8 nitrogen and oxygen atoms in total.